The minimum absolute atomic E-state index is 0.278. The summed E-state index contributed by atoms with van der Waals surface area (Å²) in [5.74, 6) is 1.12. The third kappa shape index (κ3) is 4.42. The zero-order chi connectivity index (χ0) is 29.0. The average molecular weight is 583 g/mol. The van der Waals surface area contributed by atoms with E-state index in [1.165, 1.54) is 0 Å². The Morgan fingerprint density at radius 3 is 2.60 bits per heavy atom. The second-order valence-electron chi connectivity index (χ2n) is 11.2. The van der Waals surface area contributed by atoms with Crippen LogP contribution in [0.25, 0.3) is 33.4 Å². The van der Waals surface area contributed by atoms with E-state index in [0.29, 0.717) is 12.4 Å². The zero-order valence-electron chi connectivity index (χ0n) is 24.6. The number of benzene rings is 1. The maximum atomic E-state index is 15.4. The molecular formula is C33H35FN6OS. The number of nitrogens with zero attached hydrogens (tertiary/aromatic N) is 6. The van der Waals surface area contributed by atoms with Crippen LogP contribution in [-0.4, -0.2) is 52.3 Å². The van der Waals surface area contributed by atoms with Crippen molar-refractivity contribution in [2.45, 2.75) is 40.0 Å². The van der Waals surface area contributed by atoms with Gasteiger partial charge in [0, 0.05) is 73.2 Å². The topological polar surface area (TPSA) is 59.3 Å². The Kier molecular flexibility index (Phi) is 6.85. The lowest BCUT2D eigenvalue weighted by atomic mass is 9.87. The molecule has 0 saturated carbocycles. The number of hydrogen-bond acceptors (Lipinski definition) is 7. The molecule has 0 spiro atoms. The average Bonchev–Trinajstić information content (AvgIpc) is 3.67. The molecule has 0 bridgehead atoms. The van der Waals surface area contributed by atoms with Gasteiger partial charge in [0.25, 0.3) is 0 Å². The highest BCUT2D eigenvalue weighted by molar-refractivity contribution is 7.13. The van der Waals surface area contributed by atoms with Gasteiger partial charge in [0.2, 0.25) is 0 Å². The van der Waals surface area contributed by atoms with Crippen molar-refractivity contribution >= 4 is 33.3 Å². The number of ether oxygens (including phenoxy) is 1. The molecule has 7 nitrogen and oxygen atoms in total. The van der Waals surface area contributed by atoms with Crippen LogP contribution in [0.15, 0.2) is 42.0 Å². The molecule has 9 heteroatoms. The fourth-order valence-corrected chi connectivity index (χ4v) is 7.36. The van der Waals surface area contributed by atoms with Crippen molar-refractivity contribution in [3.8, 4) is 28.1 Å². The van der Waals surface area contributed by atoms with Gasteiger partial charge in [-0.25, -0.2) is 19.3 Å². The van der Waals surface area contributed by atoms with Gasteiger partial charge in [-0.15, -0.1) is 11.3 Å². The van der Waals surface area contributed by atoms with E-state index >= 15 is 4.39 Å². The van der Waals surface area contributed by atoms with Crippen LogP contribution >= 0.6 is 11.3 Å². The van der Waals surface area contributed by atoms with Crippen LogP contribution in [0.1, 0.15) is 35.7 Å². The lowest BCUT2D eigenvalue weighted by Gasteiger charge is -2.35. The molecule has 1 fully saturated rings. The van der Waals surface area contributed by atoms with Crippen molar-refractivity contribution in [2.75, 3.05) is 42.6 Å². The predicted octanol–water partition coefficient (Wildman–Crippen LogP) is 6.73. The number of rotatable bonds is 5. The summed E-state index contributed by atoms with van der Waals surface area (Å²) in [5, 5.41) is 4.16. The second-order valence-corrected chi connectivity index (χ2v) is 12.1. The normalized spacial score (nSPS) is 15.3. The van der Waals surface area contributed by atoms with Crippen LogP contribution in [-0.2, 0) is 19.9 Å². The summed E-state index contributed by atoms with van der Waals surface area (Å²) >= 11 is 1.69. The SMILES string of the molecule is CCc1c(C)nc2c(cc(-c3ccnc(N4CCN(c5nccs5)CC4)c3)n2C)c1-c1cc(F)c2c(c1C)CCCO2. The molecule has 0 atom stereocenters. The first-order valence-corrected chi connectivity index (χ1v) is 15.6. The van der Waals surface area contributed by atoms with Crippen LogP contribution in [0.4, 0.5) is 15.3 Å². The number of aryl methyl sites for hydroxylation is 2. The van der Waals surface area contributed by atoms with Gasteiger partial charge >= 0.3 is 0 Å². The second kappa shape index (κ2) is 10.7. The van der Waals surface area contributed by atoms with Gasteiger partial charge in [0.15, 0.2) is 16.7 Å². The largest absolute Gasteiger partial charge is 0.490 e. The Bertz CT molecular complexity index is 1790. The van der Waals surface area contributed by atoms with E-state index in [4.69, 9.17) is 14.7 Å². The van der Waals surface area contributed by atoms with E-state index in [0.717, 1.165) is 112 Å². The summed E-state index contributed by atoms with van der Waals surface area (Å²) in [4.78, 5) is 19.0. The monoisotopic (exact) mass is 582 g/mol. The molecule has 7 rings (SSSR count). The Morgan fingerprint density at radius 2 is 1.83 bits per heavy atom. The van der Waals surface area contributed by atoms with E-state index in [1.54, 1.807) is 17.4 Å². The van der Waals surface area contributed by atoms with Crippen molar-refractivity contribution in [1.29, 1.82) is 0 Å². The molecule has 1 aromatic carbocycles. The summed E-state index contributed by atoms with van der Waals surface area (Å²) < 4.78 is 23.4. The molecule has 42 heavy (non-hydrogen) atoms. The van der Waals surface area contributed by atoms with Crippen molar-refractivity contribution < 1.29 is 9.13 Å². The molecule has 2 aliphatic heterocycles. The lowest BCUT2D eigenvalue weighted by molar-refractivity contribution is 0.273. The van der Waals surface area contributed by atoms with Crippen LogP contribution in [0, 0.1) is 19.7 Å². The van der Waals surface area contributed by atoms with Crippen molar-refractivity contribution in [3.05, 3.63) is 70.2 Å². The molecule has 5 aromatic rings. The molecule has 0 aliphatic carbocycles. The summed E-state index contributed by atoms with van der Waals surface area (Å²) in [5.41, 5.74) is 9.31. The van der Waals surface area contributed by atoms with Gasteiger partial charge < -0.3 is 19.1 Å². The molecule has 0 N–H and O–H groups in total. The van der Waals surface area contributed by atoms with Gasteiger partial charge in [0.1, 0.15) is 11.5 Å². The van der Waals surface area contributed by atoms with Crippen LogP contribution < -0.4 is 14.5 Å². The lowest BCUT2D eigenvalue weighted by Crippen LogP contribution is -2.46. The van der Waals surface area contributed by atoms with Crippen molar-refractivity contribution in [1.82, 2.24) is 19.5 Å². The number of thiazole rings is 1. The third-order valence-electron chi connectivity index (χ3n) is 8.88. The number of hydrogen-bond donors (Lipinski definition) is 0. The molecule has 0 radical (unpaired) electrons. The summed E-state index contributed by atoms with van der Waals surface area (Å²) in [6.07, 6.45) is 6.32. The first-order chi connectivity index (χ1) is 20.4. The third-order valence-corrected chi connectivity index (χ3v) is 9.71. The molecular weight excluding hydrogens is 547 g/mol. The fourth-order valence-electron chi connectivity index (χ4n) is 6.67. The van der Waals surface area contributed by atoms with Gasteiger partial charge in [-0.2, -0.15) is 0 Å². The van der Waals surface area contributed by atoms with Gasteiger partial charge in [-0.1, -0.05) is 6.92 Å². The molecule has 4 aromatic heterocycles. The Morgan fingerprint density at radius 1 is 1.02 bits per heavy atom. The molecule has 0 unspecified atom stereocenters. The standard InChI is InChI=1S/C33H35FN6OS/c1-5-23-21(3)37-32-26(30(23)25-18-27(34)31-24(20(25)2)7-6-15-41-31)19-28(38(32)4)22-8-9-35-29(17-22)39-11-13-40(14-12-39)33-36-10-16-42-33/h8-10,16-19H,5-7,11-15H2,1-4H3. The van der Waals surface area contributed by atoms with Crippen LogP contribution in [0.2, 0.25) is 0 Å². The molecule has 6 heterocycles. The molecule has 1 saturated heterocycles. The number of fused-ring (bicyclic) bond motifs is 2. The zero-order valence-corrected chi connectivity index (χ0v) is 25.4. The highest BCUT2D eigenvalue weighted by Crippen LogP contribution is 2.43. The Balaban J connectivity index is 1.31. The van der Waals surface area contributed by atoms with Crippen LogP contribution in [0.5, 0.6) is 5.75 Å². The minimum atomic E-state index is -0.278. The number of aromatic nitrogens is 4. The summed E-state index contributed by atoms with van der Waals surface area (Å²) in [7, 11) is 2.07. The fraction of sp³-hybridized carbons (Fsp3) is 0.364. The summed E-state index contributed by atoms with van der Waals surface area (Å²) in [6, 6.07) is 8.15. The van der Waals surface area contributed by atoms with Crippen molar-refractivity contribution in [3.63, 3.8) is 0 Å². The number of piperazine rings is 1. The predicted molar refractivity (Wildman–Crippen MR) is 169 cm³/mol. The van der Waals surface area contributed by atoms with Gasteiger partial charge in [-0.3, -0.25) is 0 Å². The van der Waals surface area contributed by atoms with E-state index in [2.05, 4.69) is 65.4 Å². The smallest absolute Gasteiger partial charge is 0.185 e. The molecule has 0 amide bonds. The van der Waals surface area contributed by atoms with E-state index in [1.807, 2.05) is 17.8 Å². The van der Waals surface area contributed by atoms with Crippen molar-refractivity contribution in [2.24, 2.45) is 7.05 Å². The first kappa shape index (κ1) is 26.9. The van der Waals surface area contributed by atoms with Crippen LogP contribution in [0.3, 0.4) is 0 Å². The number of halogens is 1. The molecule has 216 valence electrons. The highest BCUT2D eigenvalue weighted by atomic mass is 32.1. The maximum absolute atomic E-state index is 15.4. The first-order valence-electron chi connectivity index (χ1n) is 14.7. The quantitative estimate of drug-likeness (QED) is 0.229. The van der Waals surface area contributed by atoms with E-state index in [9.17, 15) is 0 Å². The highest BCUT2D eigenvalue weighted by Gasteiger charge is 2.26. The van der Waals surface area contributed by atoms with E-state index in [-0.39, 0.29) is 5.82 Å². The maximum Gasteiger partial charge on any atom is 0.185 e. The number of pyridine rings is 2. The van der Waals surface area contributed by atoms with E-state index < -0.39 is 0 Å². The van der Waals surface area contributed by atoms with Gasteiger partial charge in [-0.05, 0) is 79.6 Å². The minimum Gasteiger partial charge on any atom is -0.490 e. The molecule has 2 aliphatic rings. The van der Waals surface area contributed by atoms with Gasteiger partial charge in [0.05, 0.1) is 12.3 Å². The Hall–Kier alpha value is -3.98. The number of anilines is 2. The summed E-state index contributed by atoms with van der Waals surface area (Å²) in [6.45, 7) is 10.5. The Labute approximate surface area is 249 Å².